The first kappa shape index (κ1) is 21.5. The molecule has 0 spiro atoms. The highest BCUT2D eigenvalue weighted by molar-refractivity contribution is 5.91. The minimum atomic E-state index is 0. The zero-order valence-corrected chi connectivity index (χ0v) is 16.2. The highest BCUT2D eigenvalue weighted by Crippen LogP contribution is 2.24. The quantitative estimate of drug-likeness (QED) is 0.812. The third kappa shape index (κ3) is 7.04. The standard InChI is InChI=1S/C19H29N3O2.ClH/c1-14(16-8-10-20-11-9-16)12-18(23)21-17-6-4-15(5-7-17)13-19(24)22(2)3;/h4-7,14,16,20H,8-13H2,1-3H3,(H,21,23);1H. The predicted octanol–water partition coefficient (Wildman–Crippen LogP) is 2.70. The van der Waals surface area contributed by atoms with Crippen LogP contribution in [0.3, 0.4) is 0 Å². The summed E-state index contributed by atoms with van der Waals surface area (Å²) in [7, 11) is 3.50. The predicted molar refractivity (Wildman–Crippen MR) is 104 cm³/mol. The number of hydrogen-bond acceptors (Lipinski definition) is 3. The van der Waals surface area contributed by atoms with E-state index < -0.39 is 0 Å². The van der Waals surface area contributed by atoms with Crippen LogP contribution in [0.15, 0.2) is 24.3 Å². The van der Waals surface area contributed by atoms with E-state index in [4.69, 9.17) is 0 Å². The van der Waals surface area contributed by atoms with E-state index in [1.54, 1.807) is 19.0 Å². The summed E-state index contributed by atoms with van der Waals surface area (Å²) in [6, 6.07) is 7.53. The van der Waals surface area contributed by atoms with E-state index in [0.29, 0.717) is 24.7 Å². The van der Waals surface area contributed by atoms with Gasteiger partial charge in [0.05, 0.1) is 6.42 Å². The van der Waals surface area contributed by atoms with Crippen LogP contribution in [0.1, 0.15) is 31.7 Å². The second kappa shape index (κ2) is 10.4. The molecule has 0 aromatic heterocycles. The smallest absolute Gasteiger partial charge is 0.226 e. The lowest BCUT2D eigenvalue weighted by molar-refractivity contribution is -0.128. The first-order valence-electron chi connectivity index (χ1n) is 8.75. The Morgan fingerprint density at radius 2 is 1.80 bits per heavy atom. The third-order valence-corrected chi connectivity index (χ3v) is 4.79. The van der Waals surface area contributed by atoms with E-state index in [2.05, 4.69) is 17.6 Å². The molecule has 2 rings (SSSR count). The van der Waals surface area contributed by atoms with Crippen molar-refractivity contribution < 1.29 is 9.59 Å². The maximum absolute atomic E-state index is 12.2. The van der Waals surface area contributed by atoms with Crippen LogP contribution in [0.5, 0.6) is 0 Å². The summed E-state index contributed by atoms with van der Waals surface area (Å²) in [4.78, 5) is 25.5. The zero-order chi connectivity index (χ0) is 17.5. The van der Waals surface area contributed by atoms with Crippen molar-refractivity contribution in [2.24, 2.45) is 11.8 Å². The zero-order valence-electron chi connectivity index (χ0n) is 15.4. The lowest BCUT2D eigenvalue weighted by Gasteiger charge is -2.27. The SMILES string of the molecule is CC(CC(=O)Nc1ccc(CC(=O)N(C)C)cc1)C1CCNCC1.Cl. The number of halogens is 1. The monoisotopic (exact) mass is 367 g/mol. The molecule has 25 heavy (non-hydrogen) atoms. The number of rotatable bonds is 6. The normalized spacial score (nSPS) is 15.8. The largest absolute Gasteiger partial charge is 0.349 e. The molecule has 0 aliphatic carbocycles. The molecule has 0 bridgehead atoms. The Kier molecular flexibility index (Phi) is 8.93. The van der Waals surface area contributed by atoms with Crippen LogP contribution in [0.4, 0.5) is 5.69 Å². The second-order valence-corrected chi connectivity index (χ2v) is 6.98. The first-order valence-corrected chi connectivity index (χ1v) is 8.75. The summed E-state index contributed by atoms with van der Waals surface area (Å²) >= 11 is 0. The van der Waals surface area contributed by atoms with E-state index in [9.17, 15) is 9.59 Å². The van der Waals surface area contributed by atoms with Crippen molar-refractivity contribution in [2.45, 2.75) is 32.6 Å². The van der Waals surface area contributed by atoms with Gasteiger partial charge in [0.25, 0.3) is 0 Å². The molecule has 2 amide bonds. The number of piperidine rings is 1. The van der Waals surface area contributed by atoms with E-state index in [1.807, 2.05) is 24.3 Å². The summed E-state index contributed by atoms with van der Waals surface area (Å²) < 4.78 is 0. The molecule has 0 saturated carbocycles. The average Bonchev–Trinajstić information content (AvgIpc) is 2.57. The van der Waals surface area contributed by atoms with Gasteiger partial charge in [-0.15, -0.1) is 12.4 Å². The number of carbonyl (C=O) groups is 2. The average molecular weight is 368 g/mol. The summed E-state index contributed by atoms with van der Waals surface area (Å²) in [6.07, 6.45) is 3.26. The van der Waals surface area contributed by atoms with E-state index >= 15 is 0 Å². The Morgan fingerprint density at radius 3 is 2.36 bits per heavy atom. The van der Waals surface area contributed by atoms with Crippen molar-refractivity contribution >= 4 is 29.9 Å². The van der Waals surface area contributed by atoms with Gasteiger partial charge in [-0.1, -0.05) is 19.1 Å². The molecule has 2 N–H and O–H groups in total. The van der Waals surface area contributed by atoms with E-state index in [1.165, 1.54) is 0 Å². The van der Waals surface area contributed by atoms with Crippen molar-refractivity contribution in [1.82, 2.24) is 10.2 Å². The maximum Gasteiger partial charge on any atom is 0.226 e. The third-order valence-electron chi connectivity index (χ3n) is 4.79. The molecule has 1 unspecified atom stereocenters. The van der Waals surface area contributed by atoms with Crippen LogP contribution in [0.2, 0.25) is 0 Å². The Morgan fingerprint density at radius 1 is 1.20 bits per heavy atom. The number of carbonyl (C=O) groups excluding carboxylic acids is 2. The molecule has 6 heteroatoms. The molecule has 1 heterocycles. The van der Waals surface area contributed by atoms with Gasteiger partial charge in [-0.2, -0.15) is 0 Å². The molecule has 1 saturated heterocycles. The molecule has 1 aromatic carbocycles. The summed E-state index contributed by atoms with van der Waals surface area (Å²) in [5, 5.41) is 6.33. The Bertz CT molecular complexity index is 554. The Hall–Kier alpha value is -1.59. The molecule has 1 aliphatic rings. The molecule has 140 valence electrons. The van der Waals surface area contributed by atoms with Gasteiger partial charge in [-0.3, -0.25) is 9.59 Å². The number of amides is 2. The van der Waals surface area contributed by atoms with Crippen molar-refractivity contribution in [3.63, 3.8) is 0 Å². The summed E-state index contributed by atoms with van der Waals surface area (Å²) in [5.41, 5.74) is 1.74. The minimum absolute atomic E-state index is 0. The fourth-order valence-electron chi connectivity index (χ4n) is 3.12. The van der Waals surface area contributed by atoms with Crippen molar-refractivity contribution in [1.29, 1.82) is 0 Å². The number of nitrogens with one attached hydrogen (secondary N) is 2. The highest BCUT2D eigenvalue weighted by Gasteiger charge is 2.22. The van der Waals surface area contributed by atoms with E-state index in [0.717, 1.165) is 37.2 Å². The molecule has 1 atom stereocenters. The number of likely N-dealkylation sites (N-methyl/N-ethyl adjacent to an activating group) is 1. The maximum atomic E-state index is 12.2. The Balaban J connectivity index is 0.00000312. The molecule has 1 aliphatic heterocycles. The van der Waals surface area contributed by atoms with Gasteiger partial charge < -0.3 is 15.5 Å². The molecule has 0 radical (unpaired) electrons. The van der Waals surface area contributed by atoms with Gasteiger partial charge >= 0.3 is 0 Å². The van der Waals surface area contributed by atoms with Crippen molar-refractivity contribution in [3.05, 3.63) is 29.8 Å². The topological polar surface area (TPSA) is 61.4 Å². The molecule has 1 fully saturated rings. The van der Waals surface area contributed by atoms with Crippen LogP contribution in [0, 0.1) is 11.8 Å². The van der Waals surface area contributed by atoms with Crippen LogP contribution in [-0.2, 0) is 16.0 Å². The van der Waals surface area contributed by atoms with Gasteiger partial charge in [-0.25, -0.2) is 0 Å². The Labute approximate surface area is 157 Å². The van der Waals surface area contributed by atoms with Crippen molar-refractivity contribution in [2.75, 3.05) is 32.5 Å². The van der Waals surface area contributed by atoms with Crippen molar-refractivity contribution in [3.8, 4) is 0 Å². The van der Waals surface area contributed by atoms with Gasteiger partial charge in [0, 0.05) is 26.2 Å². The van der Waals surface area contributed by atoms with Gasteiger partial charge in [0.1, 0.15) is 0 Å². The van der Waals surface area contributed by atoms with Gasteiger partial charge in [0.15, 0.2) is 0 Å². The lowest BCUT2D eigenvalue weighted by Crippen LogP contribution is -2.32. The molecular formula is C19H30ClN3O2. The summed E-state index contributed by atoms with van der Waals surface area (Å²) in [6.45, 7) is 4.29. The van der Waals surface area contributed by atoms with Gasteiger partial charge in [0.2, 0.25) is 11.8 Å². The first-order chi connectivity index (χ1) is 11.5. The van der Waals surface area contributed by atoms with Crippen LogP contribution >= 0.6 is 12.4 Å². The molecular weight excluding hydrogens is 338 g/mol. The fraction of sp³-hybridized carbons (Fsp3) is 0.579. The number of anilines is 1. The summed E-state index contributed by atoms with van der Waals surface area (Å²) in [5.74, 6) is 1.18. The molecule has 1 aromatic rings. The number of benzene rings is 1. The van der Waals surface area contributed by atoms with Gasteiger partial charge in [-0.05, 0) is 55.5 Å². The van der Waals surface area contributed by atoms with Crippen LogP contribution in [0.25, 0.3) is 0 Å². The van der Waals surface area contributed by atoms with E-state index in [-0.39, 0.29) is 24.2 Å². The molecule has 5 nitrogen and oxygen atoms in total. The number of hydrogen-bond donors (Lipinski definition) is 2. The lowest BCUT2D eigenvalue weighted by atomic mass is 9.84. The fourth-order valence-corrected chi connectivity index (χ4v) is 3.12. The van der Waals surface area contributed by atoms with Crippen LogP contribution < -0.4 is 10.6 Å². The minimum Gasteiger partial charge on any atom is -0.349 e. The van der Waals surface area contributed by atoms with Crippen LogP contribution in [-0.4, -0.2) is 43.9 Å². The highest BCUT2D eigenvalue weighted by atomic mass is 35.5. The second-order valence-electron chi connectivity index (χ2n) is 6.98. The number of nitrogens with zero attached hydrogens (tertiary/aromatic N) is 1.